The molecule has 2 aliphatic rings. The van der Waals surface area contributed by atoms with Crippen LogP contribution in [0, 0.1) is 11.7 Å². The number of nitrogens with one attached hydrogen (secondary N) is 1. The molecule has 0 spiro atoms. The minimum atomic E-state index is -4.63. The maximum atomic E-state index is 14.8. The first-order valence-electron chi connectivity index (χ1n) is 8.47. The lowest BCUT2D eigenvalue weighted by Crippen LogP contribution is -2.48. The van der Waals surface area contributed by atoms with Crippen LogP contribution in [0.3, 0.4) is 0 Å². The standard InChI is InChI=1S/C17H21ClF4N2O/c18-13-2-1-12(17(20,21)22)14(15(13)19)16(11-3-9-25-10-4-11)24-7-5-23-6-8-24/h1-2,11,16,23H,3-10H2/t16-/m0/s1. The molecular formula is C17H21ClF4N2O. The summed E-state index contributed by atoms with van der Waals surface area (Å²) < 4.78 is 61.0. The fourth-order valence-corrected chi connectivity index (χ4v) is 3.98. The second kappa shape index (κ2) is 7.78. The van der Waals surface area contributed by atoms with Gasteiger partial charge in [0.25, 0.3) is 0 Å². The summed E-state index contributed by atoms with van der Waals surface area (Å²) in [7, 11) is 0. The zero-order valence-electron chi connectivity index (χ0n) is 13.7. The number of alkyl halides is 3. The molecule has 25 heavy (non-hydrogen) atoms. The molecule has 0 bridgehead atoms. The molecule has 140 valence electrons. The molecule has 2 aliphatic heterocycles. The molecule has 3 rings (SSSR count). The van der Waals surface area contributed by atoms with E-state index >= 15 is 0 Å². The average Bonchev–Trinajstić information content (AvgIpc) is 2.60. The topological polar surface area (TPSA) is 24.5 Å². The molecule has 0 amide bonds. The van der Waals surface area contributed by atoms with E-state index in [-0.39, 0.29) is 16.5 Å². The Morgan fingerprint density at radius 3 is 2.40 bits per heavy atom. The van der Waals surface area contributed by atoms with Gasteiger partial charge in [0.15, 0.2) is 0 Å². The van der Waals surface area contributed by atoms with Gasteiger partial charge in [0.05, 0.1) is 10.6 Å². The van der Waals surface area contributed by atoms with Gasteiger partial charge in [0.2, 0.25) is 0 Å². The van der Waals surface area contributed by atoms with Crippen LogP contribution in [0.5, 0.6) is 0 Å². The van der Waals surface area contributed by atoms with Gasteiger partial charge in [-0.25, -0.2) is 4.39 Å². The molecule has 8 heteroatoms. The number of hydrogen-bond acceptors (Lipinski definition) is 3. The van der Waals surface area contributed by atoms with E-state index in [9.17, 15) is 17.6 Å². The van der Waals surface area contributed by atoms with Crippen LogP contribution >= 0.6 is 11.6 Å². The zero-order valence-corrected chi connectivity index (χ0v) is 14.5. The summed E-state index contributed by atoms with van der Waals surface area (Å²) in [6.45, 7) is 3.46. The Morgan fingerprint density at radius 2 is 1.80 bits per heavy atom. The zero-order chi connectivity index (χ0) is 18.0. The molecule has 0 saturated carbocycles. The molecule has 0 aliphatic carbocycles. The third kappa shape index (κ3) is 4.10. The number of benzene rings is 1. The van der Waals surface area contributed by atoms with Crippen molar-refractivity contribution in [1.29, 1.82) is 0 Å². The van der Waals surface area contributed by atoms with Gasteiger partial charge in [-0.3, -0.25) is 4.90 Å². The Labute approximate surface area is 149 Å². The summed E-state index contributed by atoms with van der Waals surface area (Å²) in [4.78, 5) is 1.95. The molecule has 1 atom stereocenters. The van der Waals surface area contributed by atoms with Gasteiger partial charge in [0.1, 0.15) is 5.82 Å². The van der Waals surface area contributed by atoms with Crippen molar-refractivity contribution in [3.05, 3.63) is 34.1 Å². The van der Waals surface area contributed by atoms with Crippen molar-refractivity contribution in [3.63, 3.8) is 0 Å². The Balaban J connectivity index is 2.09. The third-order valence-electron chi connectivity index (χ3n) is 4.99. The van der Waals surface area contributed by atoms with Crippen LogP contribution in [-0.4, -0.2) is 44.3 Å². The first-order valence-corrected chi connectivity index (χ1v) is 8.85. The number of nitrogens with zero attached hydrogens (tertiary/aromatic N) is 1. The SMILES string of the molecule is Fc1c(Cl)ccc(C(F)(F)F)c1[C@H](C1CCOCC1)N1CCNCC1. The van der Waals surface area contributed by atoms with Crippen molar-refractivity contribution in [2.75, 3.05) is 39.4 Å². The van der Waals surface area contributed by atoms with Crippen LogP contribution in [0.2, 0.25) is 5.02 Å². The van der Waals surface area contributed by atoms with E-state index in [1.54, 1.807) is 0 Å². The van der Waals surface area contributed by atoms with Gasteiger partial charge in [0, 0.05) is 51.0 Å². The van der Waals surface area contributed by atoms with E-state index in [4.69, 9.17) is 16.3 Å². The van der Waals surface area contributed by atoms with Crippen molar-refractivity contribution in [2.45, 2.75) is 25.1 Å². The molecule has 2 heterocycles. The first kappa shape index (κ1) is 18.9. The molecular weight excluding hydrogens is 360 g/mol. The number of ether oxygens (including phenoxy) is 1. The minimum Gasteiger partial charge on any atom is -0.381 e. The van der Waals surface area contributed by atoms with E-state index in [0.717, 1.165) is 12.1 Å². The summed E-state index contributed by atoms with van der Waals surface area (Å²) in [6, 6.07) is 1.23. The van der Waals surface area contributed by atoms with Gasteiger partial charge in [-0.05, 0) is 30.9 Å². The van der Waals surface area contributed by atoms with Crippen molar-refractivity contribution in [1.82, 2.24) is 10.2 Å². The van der Waals surface area contributed by atoms with Crippen LogP contribution in [0.4, 0.5) is 17.6 Å². The summed E-state index contributed by atoms with van der Waals surface area (Å²) in [6.07, 6.45) is -3.41. The van der Waals surface area contributed by atoms with Crippen molar-refractivity contribution < 1.29 is 22.3 Å². The summed E-state index contributed by atoms with van der Waals surface area (Å²) >= 11 is 5.86. The molecule has 0 radical (unpaired) electrons. The van der Waals surface area contributed by atoms with Gasteiger partial charge in [-0.15, -0.1) is 0 Å². The monoisotopic (exact) mass is 380 g/mol. The lowest BCUT2D eigenvalue weighted by molar-refractivity contribution is -0.139. The van der Waals surface area contributed by atoms with Crippen LogP contribution in [0.15, 0.2) is 12.1 Å². The number of rotatable bonds is 3. The van der Waals surface area contributed by atoms with Crippen molar-refractivity contribution in [2.24, 2.45) is 5.92 Å². The molecule has 2 saturated heterocycles. The maximum absolute atomic E-state index is 14.8. The maximum Gasteiger partial charge on any atom is 0.416 e. The first-order chi connectivity index (χ1) is 11.9. The summed E-state index contributed by atoms with van der Waals surface area (Å²) in [5.41, 5.74) is -1.24. The van der Waals surface area contributed by atoms with Crippen LogP contribution in [0.1, 0.15) is 30.0 Å². The molecule has 2 fully saturated rings. The van der Waals surface area contributed by atoms with Crippen molar-refractivity contribution in [3.8, 4) is 0 Å². The molecule has 1 aromatic carbocycles. The van der Waals surface area contributed by atoms with Crippen LogP contribution in [-0.2, 0) is 10.9 Å². The number of halogens is 5. The largest absolute Gasteiger partial charge is 0.416 e. The normalized spacial score (nSPS) is 22.1. The number of piperazine rings is 1. The Bertz CT molecular complexity index is 581. The molecule has 0 unspecified atom stereocenters. The highest BCUT2D eigenvalue weighted by molar-refractivity contribution is 6.30. The summed E-state index contributed by atoms with van der Waals surface area (Å²) in [5.74, 6) is -1.05. The molecule has 1 N–H and O–H groups in total. The van der Waals surface area contributed by atoms with Crippen LogP contribution < -0.4 is 5.32 Å². The second-order valence-corrected chi connectivity index (χ2v) is 6.91. The van der Waals surface area contributed by atoms with Crippen molar-refractivity contribution >= 4 is 11.6 Å². The van der Waals surface area contributed by atoms with E-state index in [1.807, 2.05) is 4.90 Å². The van der Waals surface area contributed by atoms with Gasteiger partial charge in [-0.2, -0.15) is 13.2 Å². The van der Waals surface area contributed by atoms with E-state index in [2.05, 4.69) is 5.32 Å². The molecule has 3 nitrogen and oxygen atoms in total. The predicted molar refractivity (Wildman–Crippen MR) is 87.1 cm³/mol. The predicted octanol–water partition coefficient (Wildman–Crippen LogP) is 3.87. The van der Waals surface area contributed by atoms with E-state index in [0.29, 0.717) is 52.2 Å². The van der Waals surface area contributed by atoms with Gasteiger partial charge < -0.3 is 10.1 Å². The molecule has 0 aromatic heterocycles. The minimum absolute atomic E-state index is 0.0964. The highest BCUT2D eigenvalue weighted by atomic mass is 35.5. The fourth-order valence-electron chi connectivity index (χ4n) is 3.81. The van der Waals surface area contributed by atoms with E-state index < -0.39 is 23.6 Å². The lowest BCUT2D eigenvalue weighted by atomic mass is 9.83. The average molecular weight is 381 g/mol. The third-order valence-corrected chi connectivity index (χ3v) is 5.28. The Hall–Kier alpha value is -0.890. The quantitative estimate of drug-likeness (QED) is 0.806. The number of hydrogen-bond donors (Lipinski definition) is 1. The lowest BCUT2D eigenvalue weighted by Gasteiger charge is -2.42. The van der Waals surface area contributed by atoms with Crippen LogP contribution in [0.25, 0.3) is 0 Å². The van der Waals surface area contributed by atoms with Gasteiger partial charge >= 0.3 is 6.18 Å². The van der Waals surface area contributed by atoms with Gasteiger partial charge in [-0.1, -0.05) is 11.6 Å². The fraction of sp³-hybridized carbons (Fsp3) is 0.647. The Morgan fingerprint density at radius 1 is 1.16 bits per heavy atom. The highest BCUT2D eigenvalue weighted by Gasteiger charge is 2.42. The summed E-state index contributed by atoms with van der Waals surface area (Å²) in [5, 5.41) is 2.92. The smallest absolute Gasteiger partial charge is 0.381 e. The highest BCUT2D eigenvalue weighted by Crippen LogP contribution is 2.44. The molecule has 1 aromatic rings. The Kier molecular flexibility index (Phi) is 5.88. The van der Waals surface area contributed by atoms with E-state index in [1.165, 1.54) is 0 Å². The second-order valence-electron chi connectivity index (χ2n) is 6.50.